The van der Waals surface area contributed by atoms with Crippen molar-refractivity contribution in [2.45, 2.75) is 32.0 Å². The third-order valence-corrected chi connectivity index (χ3v) is 5.41. The molecule has 0 radical (unpaired) electrons. The first-order valence-electron chi connectivity index (χ1n) is 7.74. The molecule has 0 aromatic heterocycles. The Hall–Kier alpha value is -0.940. The number of hydrogen-bond donors (Lipinski definition) is 1. The van der Waals surface area contributed by atoms with Crippen molar-refractivity contribution in [2.75, 3.05) is 7.11 Å². The lowest BCUT2D eigenvalue weighted by molar-refractivity contribution is 0.280. The summed E-state index contributed by atoms with van der Waals surface area (Å²) in [6, 6.07) is 9.89. The van der Waals surface area contributed by atoms with Crippen molar-refractivity contribution < 1.29 is 9.47 Å². The van der Waals surface area contributed by atoms with Gasteiger partial charge in [-0.3, -0.25) is 0 Å². The minimum absolute atomic E-state index is 0.280. The molecular formula is C18H18BrCl2NO2. The summed E-state index contributed by atoms with van der Waals surface area (Å²) in [5, 5.41) is 4.69. The molecule has 1 fully saturated rings. The van der Waals surface area contributed by atoms with Gasteiger partial charge < -0.3 is 14.8 Å². The summed E-state index contributed by atoms with van der Waals surface area (Å²) in [5.41, 5.74) is 1.80. The molecule has 1 aliphatic carbocycles. The minimum Gasteiger partial charge on any atom is -0.493 e. The zero-order chi connectivity index (χ0) is 17.1. The maximum Gasteiger partial charge on any atom is 0.167 e. The maximum atomic E-state index is 6.23. The van der Waals surface area contributed by atoms with Crippen LogP contribution in [0.25, 0.3) is 0 Å². The molecule has 2 aromatic rings. The molecule has 1 N–H and O–H groups in total. The Labute approximate surface area is 160 Å². The number of methoxy groups -OCH3 is 1. The van der Waals surface area contributed by atoms with Crippen LogP contribution in [0.3, 0.4) is 0 Å². The van der Waals surface area contributed by atoms with Crippen LogP contribution < -0.4 is 14.8 Å². The van der Waals surface area contributed by atoms with Gasteiger partial charge in [0.2, 0.25) is 0 Å². The van der Waals surface area contributed by atoms with Crippen LogP contribution in [0.5, 0.6) is 11.5 Å². The SMILES string of the molecule is COc1ccc(Br)c(CNC2CC2)c1OCc1c(Cl)cccc1Cl. The molecule has 0 amide bonds. The number of benzene rings is 2. The summed E-state index contributed by atoms with van der Waals surface area (Å²) < 4.78 is 12.5. The highest BCUT2D eigenvalue weighted by atomic mass is 79.9. The van der Waals surface area contributed by atoms with Gasteiger partial charge in [0.15, 0.2) is 11.5 Å². The van der Waals surface area contributed by atoms with Gasteiger partial charge in [0.1, 0.15) is 6.61 Å². The van der Waals surface area contributed by atoms with E-state index in [1.54, 1.807) is 19.2 Å². The Balaban J connectivity index is 1.85. The van der Waals surface area contributed by atoms with Gasteiger partial charge in [0.25, 0.3) is 0 Å². The van der Waals surface area contributed by atoms with E-state index in [0.29, 0.717) is 34.1 Å². The predicted octanol–water partition coefficient (Wildman–Crippen LogP) is 5.60. The number of hydrogen-bond acceptors (Lipinski definition) is 3. The highest BCUT2D eigenvalue weighted by molar-refractivity contribution is 9.10. The molecule has 0 atom stereocenters. The van der Waals surface area contributed by atoms with Crippen LogP contribution in [0.2, 0.25) is 10.0 Å². The van der Waals surface area contributed by atoms with E-state index >= 15 is 0 Å². The fourth-order valence-electron chi connectivity index (χ4n) is 2.41. The van der Waals surface area contributed by atoms with Crippen molar-refractivity contribution in [1.82, 2.24) is 5.32 Å². The van der Waals surface area contributed by atoms with Crippen molar-refractivity contribution in [1.29, 1.82) is 0 Å². The van der Waals surface area contributed by atoms with E-state index in [1.165, 1.54) is 12.8 Å². The number of ether oxygens (including phenoxy) is 2. The Morgan fingerprint density at radius 3 is 2.46 bits per heavy atom. The van der Waals surface area contributed by atoms with Crippen LogP contribution in [-0.2, 0) is 13.2 Å². The fourth-order valence-corrected chi connectivity index (χ4v) is 3.37. The first kappa shape index (κ1) is 17.9. The average molecular weight is 431 g/mol. The molecule has 1 aliphatic rings. The summed E-state index contributed by atoms with van der Waals surface area (Å²) >= 11 is 16.1. The van der Waals surface area contributed by atoms with Gasteiger partial charge in [-0.05, 0) is 37.1 Å². The molecular weight excluding hydrogens is 413 g/mol. The van der Waals surface area contributed by atoms with Gasteiger partial charge in [-0.1, -0.05) is 45.2 Å². The summed E-state index contributed by atoms with van der Waals surface area (Å²) in [5.74, 6) is 1.39. The Morgan fingerprint density at radius 1 is 1.12 bits per heavy atom. The third-order valence-electron chi connectivity index (χ3n) is 3.95. The van der Waals surface area contributed by atoms with Gasteiger partial charge in [-0.2, -0.15) is 0 Å². The summed E-state index contributed by atoms with van der Waals surface area (Å²) in [4.78, 5) is 0. The molecule has 0 saturated heterocycles. The lowest BCUT2D eigenvalue weighted by Gasteiger charge is -2.18. The largest absolute Gasteiger partial charge is 0.493 e. The smallest absolute Gasteiger partial charge is 0.167 e. The predicted molar refractivity (Wildman–Crippen MR) is 101 cm³/mol. The van der Waals surface area contributed by atoms with E-state index in [9.17, 15) is 0 Å². The monoisotopic (exact) mass is 429 g/mol. The zero-order valence-electron chi connectivity index (χ0n) is 13.2. The summed E-state index contributed by atoms with van der Waals surface area (Å²) in [7, 11) is 1.64. The second kappa shape index (κ2) is 7.96. The molecule has 24 heavy (non-hydrogen) atoms. The van der Waals surface area contributed by atoms with E-state index in [2.05, 4.69) is 21.2 Å². The Morgan fingerprint density at radius 2 is 1.83 bits per heavy atom. The van der Waals surface area contributed by atoms with Crippen molar-refractivity contribution in [2.24, 2.45) is 0 Å². The van der Waals surface area contributed by atoms with Gasteiger partial charge in [0, 0.05) is 38.2 Å². The van der Waals surface area contributed by atoms with E-state index in [-0.39, 0.29) is 6.61 Å². The number of nitrogens with one attached hydrogen (secondary N) is 1. The van der Waals surface area contributed by atoms with Crippen molar-refractivity contribution >= 4 is 39.1 Å². The molecule has 0 spiro atoms. The Kier molecular flexibility index (Phi) is 5.93. The quantitative estimate of drug-likeness (QED) is 0.620. The van der Waals surface area contributed by atoms with E-state index in [0.717, 1.165) is 15.6 Å². The first-order valence-corrected chi connectivity index (χ1v) is 9.29. The fraction of sp³-hybridized carbons (Fsp3) is 0.333. The lowest BCUT2D eigenvalue weighted by atomic mass is 10.1. The van der Waals surface area contributed by atoms with Crippen LogP contribution in [0.4, 0.5) is 0 Å². The van der Waals surface area contributed by atoms with Gasteiger partial charge in [0.05, 0.1) is 7.11 Å². The van der Waals surface area contributed by atoms with Gasteiger partial charge in [-0.15, -0.1) is 0 Å². The maximum absolute atomic E-state index is 6.23. The zero-order valence-corrected chi connectivity index (χ0v) is 16.3. The standard InChI is InChI=1S/C18H18BrCl2NO2/c1-23-17-8-7-14(19)12(9-22-11-5-6-11)18(17)24-10-13-15(20)3-2-4-16(13)21/h2-4,7-8,11,22H,5-6,9-10H2,1H3. The van der Waals surface area contributed by atoms with Crippen LogP contribution in [0.15, 0.2) is 34.8 Å². The molecule has 0 aliphatic heterocycles. The highest BCUT2D eigenvalue weighted by Gasteiger charge is 2.22. The summed E-state index contributed by atoms with van der Waals surface area (Å²) in [6.45, 7) is 0.996. The first-order chi connectivity index (χ1) is 11.6. The molecule has 0 bridgehead atoms. The van der Waals surface area contributed by atoms with Crippen LogP contribution >= 0.6 is 39.1 Å². The second-order valence-electron chi connectivity index (χ2n) is 5.70. The van der Waals surface area contributed by atoms with E-state index in [4.69, 9.17) is 32.7 Å². The molecule has 0 unspecified atom stereocenters. The van der Waals surface area contributed by atoms with Gasteiger partial charge in [-0.25, -0.2) is 0 Å². The molecule has 3 nitrogen and oxygen atoms in total. The Bertz CT molecular complexity index is 715. The van der Waals surface area contributed by atoms with Crippen molar-refractivity contribution in [3.63, 3.8) is 0 Å². The van der Waals surface area contributed by atoms with Crippen molar-refractivity contribution in [3.05, 3.63) is 56.0 Å². The average Bonchev–Trinajstić information content (AvgIpc) is 3.38. The molecule has 6 heteroatoms. The lowest BCUT2D eigenvalue weighted by Crippen LogP contribution is -2.17. The molecule has 0 heterocycles. The normalized spacial score (nSPS) is 13.8. The number of halogens is 3. The van der Waals surface area contributed by atoms with Crippen LogP contribution in [0.1, 0.15) is 24.0 Å². The third kappa shape index (κ3) is 4.17. The van der Waals surface area contributed by atoms with Gasteiger partial charge >= 0.3 is 0 Å². The molecule has 1 saturated carbocycles. The van der Waals surface area contributed by atoms with Crippen molar-refractivity contribution in [3.8, 4) is 11.5 Å². The second-order valence-corrected chi connectivity index (χ2v) is 7.37. The highest BCUT2D eigenvalue weighted by Crippen LogP contribution is 2.38. The summed E-state index contributed by atoms with van der Waals surface area (Å²) in [6.07, 6.45) is 2.46. The van der Waals surface area contributed by atoms with Crippen LogP contribution in [-0.4, -0.2) is 13.2 Å². The minimum atomic E-state index is 0.280. The molecule has 128 valence electrons. The molecule has 3 rings (SSSR count). The van der Waals surface area contributed by atoms with E-state index < -0.39 is 0 Å². The topological polar surface area (TPSA) is 30.5 Å². The van der Waals surface area contributed by atoms with Crippen LogP contribution in [0, 0.1) is 0 Å². The molecule has 2 aromatic carbocycles. The number of rotatable bonds is 7. The van der Waals surface area contributed by atoms with E-state index in [1.807, 2.05) is 18.2 Å².